The van der Waals surface area contributed by atoms with Crippen LogP contribution in [0.15, 0.2) is 53.5 Å². The minimum Gasteiger partial charge on any atom is -0.477 e. The molecule has 0 atom stereocenters. The lowest BCUT2D eigenvalue weighted by atomic mass is 10.2. The molecule has 0 saturated carbocycles. The average Bonchev–Trinajstić information content (AvgIpc) is 2.76. The van der Waals surface area contributed by atoms with Crippen LogP contribution in [0.2, 0.25) is 25.1 Å². The molecular weight excluding hydrogens is 544 g/mol. The summed E-state index contributed by atoms with van der Waals surface area (Å²) in [6.07, 6.45) is 0. The lowest BCUT2D eigenvalue weighted by Crippen LogP contribution is -2.15. The average molecular weight is 558 g/mol. The van der Waals surface area contributed by atoms with Crippen molar-refractivity contribution in [1.29, 1.82) is 5.26 Å². The maximum absolute atomic E-state index is 12.6. The number of benzene rings is 3. The summed E-state index contributed by atoms with van der Waals surface area (Å²) in [5.74, 6) is 0.432. The molecule has 0 aliphatic carbocycles. The van der Waals surface area contributed by atoms with Gasteiger partial charge in [-0.05, 0) is 43.3 Å². The number of hydrogen-bond donors (Lipinski definition) is 1. The summed E-state index contributed by atoms with van der Waals surface area (Å²) >= 11 is 31.1. The van der Waals surface area contributed by atoms with Crippen molar-refractivity contribution in [2.75, 3.05) is 11.9 Å². The van der Waals surface area contributed by atoms with Crippen LogP contribution in [0.25, 0.3) is 0 Å². The van der Waals surface area contributed by atoms with Crippen LogP contribution < -0.4 is 10.1 Å². The van der Waals surface area contributed by atoms with Gasteiger partial charge in [-0.25, -0.2) is 4.79 Å². The van der Waals surface area contributed by atoms with Gasteiger partial charge in [-0.15, -0.1) is 0 Å². The summed E-state index contributed by atoms with van der Waals surface area (Å²) in [6, 6.07) is 13.5. The third kappa shape index (κ3) is 6.26. The van der Waals surface area contributed by atoms with Crippen LogP contribution in [0, 0.1) is 11.3 Å². The fraction of sp³-hybridized carbons (Fsp3) is 0.0870. The molecular formula is C23H14Cl5N3O3. The zero-order valence-electron chi connectivity index (χ0n) is 17.3. The van der Waals surface area contributed by atoms with E-state index in [-0.39, 0.29) is 49.1 Å². The van der Waals surface area contributed by atoms with E-state index in [0.717, 1.165) is 0 Å². The summed E-state index contributed by atoms with van der Waals surface area (Å²) < 4.78 is 11.2. The van der Waals surface area contributed by atoms with Crippen molar-refractivity contribution in [3.8, 4) is 17.6 Å². The Hall–Kier alpha value is -2.66. The van der Waals surface area contributed by atoms with Gasteiger partial charge in [0, 0.05) is 11.8 Å². The maximum Gasteiger partial charge on any atom is 0.348 e. The molecule has 0 saturated heterocycles. The Morgan fingerprint density at radius 2 is 1.62 bits per heavy atom. The number of carbonyl (C=O) groups is 1. The monoisotopic (exact) mass is 555 g/mol. The maximum atomic E-state index is 12.6. The number of anilines is 1. The summed E-state index contributed by atoms with van der Waals surface area (Å²) in [5.41, 5.74) is 0.855. The normalized spacial score (nSPS) is 11.0. The third-order valence-corrected chi connectivity index (χ3v) is 5.70. The first-order valence-electron chi connectivity index (χ1n) is 9.56. The molecule has 1 N–H and O–H groups in total. The van der Waals surface area contributed by atoms with E-state index in [1.165, 1.54) is 24.3 Å². The van der Waals surface area contributed by atoms with Crippen LogP contribution in [-0.4, -0.2) is 18.5 Å². The Labute approximate surface area is 220 Å². The van der Waals surface area contributed by atoms with Gasteiger partial charge in [0.1, 0.15) is 11.8 Å². The number of rotatable bonds is 5. The van der Waals surface area contributed by atoms with Crippen LogP contribution in [0.4, 0.5) is 10.5 Å². The van der Waals surface area contributed by atoms with Crippen LogP contribution in [0.1, 0.15) is 18.1 Å². The van der Waals surface area contributed by atoms with Crippen molar-refractivity contribution in [3.63, 3.8) is 0 Å². The molecule has 34 heavy (non-hydrogen) atoms. The van der Waals surface area contributed by atoms with E-state index in [2.05, 4.69) is 10.3 Å². The van der Waals surface area contributed by atoms with Gasteiger partial charge in [-0.2, -0.15) is 10.3 Å². The molecule has 6 nitrogen and oxygen atoms in total. The smallest absolute Gasteiger partial charge is 0.348 e. The number of carbonyl (C=O) groups excluding carboxylic acids is 1. The molecule has 0 radical (unpaired) electrons. The number of amides is 2. The van der Waals surface area contributed by atoms with E-state index in [1.54, 1.807) is 31.2 Å². The van der Waals surface area contributed by atoms with E-state index in [1.807, 2.05) is 6.07 Å². The molecule has 3 aromatic carbocycles. The second-order valence-electron chi connectivity index (χ2n) is 6.50. The molecule has 3 rings (SSSR count). The summed E-state index contributed by atoms with van der Waals surface area (Å²) in [4.78, 5) is 16.5. The van der Waals surface area contributed by atoms with E-state index in [9.17, 15) is 4.79 Å². The van der Waals surface area contributed by atoms with Crippen LogP contribution >= 0.6 is 58.0 Å². The molecule has 0 unspecified atom stereocenters. The highest BCUT2D eigenvalue weighted by Gasteiger charge is 2.17. The Balaban J connectivity index is 1.83. The molecule has 0 aromatic heterocycles. The minimum atomic E-state index is -0.765. The molecule has 2 amide bonds. The summed E-state index contributed by atoms with van der Waals surface area (Å²) in [7, 11) is 0. The van der Waals surface area contributed by atoms with Crippen molar-refractivity contribution in [2.45, 2.75) is 6.92 Å². The fourth-order valence-electron chi connectivity index (χ4n) is 2.74. The Morgan fingerprint density at radius 1 is 0.971 bits per heavy atom. The predicted molar refractivity (Wildman–Crippen MR) is 136 cm³/mol. The minimum absolute atomic E-state index is 0.0366. The van der Waals surface area contributed by atoms with Gasteiger partial charge in [0.15, 0.2) is 5.75 Å². The van der Waals surface area contributed by atoms with Gasteiger partial charge in [0.25, 0.3) is 0 Å². The van der Waals surface area contributed by atoms with Gasteiger partial charge >= 0.3 is 6.03 Å². The Bertz CT molecular complexity index is 1280. The van der Waals surface area contributed by atoms with E-state index < -0.39 is 6.03 Å². The van der Waals surface area contributed by atoms with Crippen molar-refractivity contribution in [3.05, 3.63) is 84.8 Å². The van der Waals surface area contributed by atoms with E-state index >= 15 is 0 Å². The van der Waals surface area contributed by atoms with E-state index in [0.29, 0.717) is 16.9 Å². The quantitative estimate of drug-likeness (QED) is 0.251. The van der Waals surface area contributed by atoms with Gasteiger partial charge in [-0.3, -0.25) is 0 Å². The van der Waals surface area contributed by atoms with Gasteiger partial charge in [0.2, 0.25) is 5.90 Å². The molecule has 0 heterocycles. The van der Waals surface area contributed by atoms with Crippen molar-refractivity contribution in [2.24, 2.45) is 4.99 Å². The summed E-state index contributed by atoms with van der Waals surface area (Å²) in [5, 5.41) is 12.6. The molecule has 174 valence electrons. The van der Waals surface area contributed by atoms with Crippen molar-refractivity contribution < 1.29 is 14.3 Å². The highest BCUT2D eigenvalue weighted by molar-refractivity contribution is 6.40. The zero-order valence-corrected chi connectivity index (χ0v) is 21.1. The summed E-state index contributed by atoms with van der Waals surface area (Å²) in [6.45, 7) is 1.97. The second-order valence-corrected chi connectivity index (χ2v) is 8.54. The fourth-order valence-corrected chi connectivity index (χ4v) is 4.08. The molecule has 3 aromatic rings. The van der Waals surface area contributed by atoms with Crippen LogP contribution in [0.3, 0.4) is 0 Å². The first-order valence-corrected chi connectivity index (χ1v) is 11.5. The van der Waals surface area contributed by atoms with Gasteiger partial charge in [-0.1, -0.05) is 64.1 Å². The third-order valence-electron chi connectivity index (χ3n) is 4.19. The molecule has 0 spiro atoms. The Kier molecular flexibility index (Phi) is 8.90. The number of halogens is 5. The predicted octanol–water partition coefficient (Wildman–Crippen LogP) is 8.63. The number of nitriles is 1. The number of hydrogen-bond acceptors (Lipinski definition) is 4. The number of ether oxygens (including phenoxy) is 2. The topological polar surface area (TPSA) is 83.7 Å². The standard InChI is InChI=1S/C23H14Cl5N3O3/c1-2-33-22(20-15(24)4-3-5-16(20)25)31-23(32)30-13-8-18(27)21(19(28)9-13)34-14-7-6-12(11-29)17(26)10-14/h3-10H,2H2,1H3,(H,30,32). The molecule has 0 aliphatic rings. The zero-order chi connectivity index (χ0) is 24.8. The lowest BCUT2D eigenvalue weighted by Gasteiger charge is -2.13. The lowest BCUT2D eigenvalue weighted by molar-refractivity contribution is 0.258. The molecule has 0 bridgehead atoms. The molecule has 11 heteroatoms. The number of nitrogens with zero attached hydrogens (tertiary/aromatic N) is 2. The number of aliphatic imine (C=N–C) groups is 1. The number of urea groups is 1. The van der Waals surface area contributed by atoms with Crippen LogP contribution in [-0.2, 0) is 4.74 Å². The Morgan fingerprint density at radius 3 is 2.18 bits per heavy atom. The number of nitrogens with one attached hydrogen (secondary N) is 1. The van der Waals surface area contributed by atoms with Gasteiger partial charge < -0.3 is 14.8 Å². The molecule has 0 aliphatic heterocycles. The van der Waals surface area contributed by atoms with Crippen LogP contribution in [0.5, 0.6) is 11.5 Å². The van der Waals surface area contributed by atoms with Crippen molar-refractivity contribution in [1.82, 2.24) is 0 Å². The molecule has 0 fully saturated rings. The SMILES string of the molecule is CCOC(=NC(=O)Nc1cc(Cl)c(Oc2ccc(C#N)c(Cl)c2)c(Cl)c1)c1c(Cl)cccc1Cl. The largest absolute Gasteiger partial charge is 0.477 e. The highest BCUT2D eigenvalue weighted by atomic mass is 35.5. The highest BCUT2D eigenvalue weighted by Crippen LogP contribution is 2.39. The first kappa shape index (κ1) is 26.0. The second kappa shape index (κ2) is 11.7. The first-order chi connectivity index (χ1) is 16.2. The van der Waals surface area contributed by atoms with E-state index in [4.69, 9.17) is 72.7 Å². The van der Waals surface area contributed by atoms with Gasteiger partial charge in [0.05, 0.1) is 42.8 Å². The van der Waals surface area contributed by atoms with Crippen molar-refractivity contribution >= 4 is 75.6 Å².